The summed E-state index contributed by atoms with van der Waals surface area (Å²) in [5.41, 5.74) is 3.87. The Morgan fingerprint density at radius 1 is 1.12 bits per heavy atom. The minimum atomic E-state index is -0.0930. The lowest BCUT2D eigenvalue weighted by Crippen LogP contribution is -2.34. The van der Waals surface area contributed by atoms with Gasteiger partial charge in [-0.1, -0.05) is 18.2 Å². The summed E-state index contributed by atoms with van der Waals surface area (Å²) in [6, 6.07) is 20.1. The molecule has 0 spiro atoms. The predicted molar refractivity (Wildman–Crippen MR) is 132 cm³/mol. The van der Waals surface area contributed by atoms with E-state index in [1.165, 1.54) is 5.56 Å². The number of aliphatic hydroxyl groups is 1. The van der Waals surface area contributed by atoms with Crippen LogP contribution in [0.4, 0.5) is 5.82 Å². The average molecular weight is 449 g/mol. The Morgan fingerprint density at radius 2 is 1.94 bits per heavy atom. The van der Waals surface area contributed by atoms with E-state index < -0.39 is 0 Å². The highest BCUT2D eigenvalue weighted by molar-refractivity contribution is 7.27. The molecule has 4 rings (SSSR count). The lowest BCUT2D eigenvalue weighted by Gasteiger charge is -2.16. The van der Waals surface area contributed by atoms with Crippen LogP contribution in [0.5, 0.6) is 5.75 Å². The molecule has 4 aromatic rings. The number of imidazole rings is 1. The number of rotatable bonds is 9. The molecule has 3 N–H and O–H groups in total. The van der Waals surface area contributed by atoms with E-state index in [1.807, 2.05) is 47.1 Å². The van der Waals surface area contributed by atoms with E-state index in [9.17, 15) is 5.11 Å². The molecule has 8 heteroatoms. The van der Waals surface area contributed by atoms with Gasteiger partial charge in [-0.3, -0.25) is 0 Å². The van der Waals surface area contributed by atoms with E-state index in [2.05, 4.69) is 56.0 Å². The Morgan fingerprint density at radius 3 is 2.66 bits per heavy atom. The van der Waals surface area contributed by atoms with Gasteiger partial charge in [0.1, 0.15) is 18.2 Å². The summed E-state index contributed by atoms with van der Waals surface area (Å²) >= 11 is 0. The van der Waals surface area contributed by atoms with Crippen LogP contribution in [0.1, 0.15) is 18.5 Å². The SMILES string of the molecule is CNC(CO)COc1ccc(-c2cnc3ccc(NC(C)c4cccc(P)c4)nn23)cc1. The topological polar surface area (TPSA) is 83.7 Å². The molecular weight excluding hydrogens is 421 g/mol. The van der Waals surface area contributed by atoms with Crippen molar-refractivity contribution in [2.75, 3.05) is 25.6 Å². The highest BCUT2D eigenvalue weighted by Gasteiger charge is 2.11. The Hall–Kier alpha value is -2.99. The number of aliphatic hydroxyl groups excluding tert-OH is 1. The number of aromatic nitrogens is 3. The van der Waals surface area contributed by atoms with Crippen LogP contribution in [0.15, 0.2) is 66.9 Å². The van der Waals surface area contributed by atoms with Gasteiger partial charge in [-0.15, -0.1) is 14.3 Å². The largest absolute Gasteiger partial charge is 0.492 e. The van der Waals surface area contributed by atoms with Gasteiger partial charge in [0.15, 0.2) is 5.65 Å². The molecule has 2 aromatic carbocycles. The van der Waals surface area contributed by atoms with Gasteiger partial charge in [-0.2, -0.15) is 0 Å². The normalized spacial score (nSPS) is 13.1. The second-order valence-corrected chi connectivity index (χ2v) is 8.34. The molecule has 7 nitrogen and oxygen atoms in total. The maximum Gasteiger partial charge on any atom is 0.154 e. The molecule has 3 atom stereocenters. The van der Waals surface area contributed by atoms with Crippen molar-refractivity contribution in [1.29, 1.82) is 0 Å². The molecule has 0 aliphatic heterocycles. The fourth-order valence-electron chi connectivity index (χ4n) is 3.43. The maximum atomic E-state index is 9.26. The van der Waals surface area contributed by atoms with Crippen molar-refractivity contribution in [2.24, 2.45) is 0 Å². The van der Waals surface area contributed by atoms with Crippen molar-refractivity contribution in [1.82, 2.24) is 19.9 Å². The zero-order valence-electron chi connectivity index (χ0n) is 18.2. The van der Waals surface area contributed by atoms with Crippen LogP contribution >= 0.6 is 9.24 Å². The second kappa shape index (κ2) is 10.1. The summed E-state index contributed by atoms with van der Waals surface area (Å²) in [7, 11) is 4.53. The molecular formula is C24H28N5O2P. The molecule has 0 fully saturated rings. The van der Waals surface area contributed by atoms with E-state index in [1.54, 1.807) is 7.05 Å². The van der Waals surface area contributed by atoms with Gasteiger partial charge in [-0.25, -0.2) is 9.50 Å². The van der Waals surface area contributed by atoms with Crippen molar-refractivity contribution in [3.05, 3.63) is 72.4 Å². The summed E-state index contributed by atoms with van der Waals surface area (Å²) in [4.78, 5) is 4.49. The lowest BCUT2D eigenvalue weighted by molar-refractivity contribution is 0.189. The Labute approximate surface area is 190 Å². The summed E-state index contributed by atoms with van der Waals surface area (Å²) in [6.45, 7) is 2.55. The molecule has 2 aromatic heterocycles. The first kappa shape index (κ1) is 22.2. The lowest BCUT2D eigenvalue weighted by atomic mass is 10.1. The van der Waals surface area contributed by atoms with Crippen molar-refractivity contribution in [3.63, 3.8) is 0 Å². The van der Waals surface area contributed by atoms with Gasteiger partial charge in [0.05, 0.1) is 30.6 Å². The summed E-state index contributed by atoms with van der Waals surface area (Å²) in [5, 5.41) is 21.7. The molecule has 32 heavy (non-hydrogen) atoms. The average Bonchev–Trinajstić information content (AvgIpc) is 3.23. The number of likely N-dealkylation sites (N-methyl/N-ethyl adjacent to an activating group) is 1. The quantitative estimate of drug-likeness (QED) is 0.341. The maximum absolute atomic E-state index is 9.26. The third-order valence-electron chi connectivity index (χ3n) is 5.37. The minimum absolute atomic E-state index is 0.0277. The number of fused-ring (bicyclic) bond motifs is 1. The van der Waals surface area contributed by atoms with E-state index in [0.29, 0.717) is 6.61 Å². The van der Waals surface area contributed by atoms with Gasteiger partial charge in [0.25, 0.3) is 0 Å². The predicted octanol–water partition coefficient (Wildman–Crippen LogP) is 3.03. The molecule has 3 unspecified atom stereocenters. The third kappa shape index (κ3) is 5.07. The smallest absolute Gasteiger partial charge is 0.154 e. The Kier molecular flexibility index (Phi) is 7.00. The number of hydrogen-bond acceptors (Lipinski definition) is 6. The minimum Gasteiger partial charge on any atom is -0.492 e. The zero-order valence-corrected chi connectivity index (χ0v) is 19.3. The van der Waals surface area contributed by atoms with Crippen LogP contribution < -0.4 is 20.7 Å². The van der Waals surface area contributed by atoms with Crippen molar-refractivity contribution < 1.29 is 9.84 Å². The van der Waals surface area contributed by atoms with Gasteiger partial charge < -0.3 is 20.5 Å². The number of anilines is 1. The fourth-order valence-corrected chi connectivity index (χ4v) is 3.73. The van der Waals surface area contributed by atoms with E-state index >= 15 is 0 Å². The Bertz CT molecular complexity index is 1170. The highest BCUT2D eigenvalue weighted by atomic mass is 31.0. The van der Waals surface area contributed by atoms with Gasteiger partial charge in [-0.05, 0) is 67.3 Å². The third-order valence-corrected chi connectivity index (χ3v) is 5.73. The molecule has 0 saturated heterocycles. The number of nitrogens with one attached hydrogen (secondary N) is 2. The van der Waals surface area contributed by atoms with Crippen LogP contribution in [0.2, 0.25) is 0 Å². The van der Waals surface area contributed by atoms with Gasteiger partial charge >= 0.3 is 0 Å². The molecule has 0 amide bonds. The van der Waals surface area contributed by atoms with Gasteiger partial charge in [0.2, 0.25) is 0 Å². The van der Waals surface area contributed by atoms with Crippen LogP contribution in [-0.4, -0.2) is 46.0 Å². The molecule has 166 valence electrons. The summed E-state index contributed by atoms with van der Waals surface area (Å²) in [5.74, 6) is 1.53. The first-order chi connectivity index (χ1) is 15.6. The zero-order chi connectivity index (χ0) is 22.5. The van der Waals surface area contributed by atoms with Crippen LogP contribution in [0.3, 0.4) is 0 Å². The molecule has 0 radical (unpaired) electrons. The molecule has 0 saturated carbocycles. The van der Waals surface area contributed by atoms with Crippen LogP contribution in [0.25, 0.3) is 16.9 Å². The monoisotopic (exact) mass is 449 g/mol. The van der Waals surface area contributed by atoms with Crippen LogP contribution in [-0.2, 0) is 0 Å². The molecule has 0 aliphatic carbocycles. The first-order valence-corrected chi connectivity index (χ1v) is 11.1. The van der Waals surface area contributed by atoms with E-state index in [-0.39, 0.29) is 18.7 Å². The van der Waals surface area contributed by atoms with Crippen LogP contribution in [0, 0.1) is 0 Å². The molecule has 2 heterocycles. The highest BCUT2D eigenvalue weighted by Crippen LogP contribution is 2.24. The fraction of sp³-hybridized carbons (Fsp3) is 0.250. The van der Waals surface area contributed by atoms with E-state index in [0.717, 1.165) is 33.8 Å². The standard InChI is InChI=1S/C24H28N5O2P/c1-16(18-4-3-5-21(32)12-18)27-23-10-11-24-26-13-22(29(24)28-23)17-6-8-20(9-7-17)31-15-19(14-30)25-2/h3-13,16,19,25,30H,14-15,32H2,1-2H3,(H,27,28). The number of hydrogen-bond donors (Lipinski definition) is 3. The Balaban J connectivity index is 1.52. The van der Waals surface area contributed by atoms with Gasteiger partial charge in [0, 0.05) is 5.56 Å². The van der Waals surface area contributed by atoms with Crippen molar-refractivity contribution >= 4 is 26.0 Å². The number of benzene rings is 2. The number of ether oxygens (including phenoxy) is 1. The number of nitrogens with zero attached hydrogens (tertiary/aromatic N) is 3. The van der Waals surface area contributed by atoms with Crippen molar-refractivity contribution in [3.8, 4) is 17.0 Å². The van der Waals surface area contributed by atoms with E-state index in [4.69, 9.17) is 9.84 Å². The summed E-state index contributed by atoms with van der Waals surface area (Å²) < 4.78 is 7.60. The summed E-state index contributed by atoms with van der Waals surface area (Å²) in [6.07, 6.45) is 1.83. The second-order valence-electron chi connectivity index (χ2n) is 7.67. The molecule has 0 aliphatic rings. The molecule has 0 bridgehead atoms. The first-order valence-electron chi connectivity index (χ1n) is 10.6. The van der Waals surface area contributed by atoms with Crippen molar-refractivity contribution in [2.45, 2.75) is 19.0 Å².